The average Bonchev–Trinajstić information content (AvgIpc) is 2.49. The summed E-state index contributed by atoms with van der Waals surface area (Å²) < 4.78 is 0. The van der Waals surface area contributed by atoms with Crippen molar-refractivity contribution in [1.29, 1.82) is 0 Å². The number of aliphatic carboxylic acids is 1. The number of rotatable bonds is 5. The first-order valence-corrected chi connectivity index (χ1v) is 4.35. The second kappa shape index (κ2) is 4.70. The number of nitrogens with one attached hydrogen (secondary N) is 1. The van der Waals surface area contributed by atoms with Gasteiger partial charge >= 0.3 is 5.97 Å². The predicted octanol–water partition coefficient (Wildman–Crippen LogP) is 0.157. The minimum absolute atomic E-state index is 0.185. The molecule has 1 heterocycles. The molecule has 6 nitrogen and oxygen atoms in total. The van der Waals surface area contributed by atoms with Crippen molar-refractivity contribution in [3.05, 3.63) is 0 Å². The molecule has 66 valence electrons. The molecule has 0 aliphatic heterocycles. The molecule has 0 aromatic carbocycles. The largest absolute Gasteiger partial charge is 0.481 e. The number of carboxylic acids is 1. The van der Waals surface area contributed by atoms with Gasteiger partial charge in [-0.15, -0.1) is 10.2 Å². The molecule has 0 spiro atoms. The molecule has 2 N–H and O–H groups in total. The first-order chi connectivity index (χ1) is 5.79. The first kappa shape index (κ1) is 8.98. The average molecular weight is 188 g/mol. The van der Waals surface area contributed by atoms with Crippen molar-refractivity contribution in [2.75, 3.05) is 5.75 Å². The Morgan fingerprint density at radius 3 is 3.08 bits per heavy atom. The number of aromatic amines is 1. The predicted molar refractivity (Wildman–Crippen MR) is 41.8 cm³/mol. The molecule has 0 aliphatic rings. The lowest BCUT2D eigenvalue weighted by Gasteiger charge is -1.92. The van der Waals surface area contributed by atoms with Crippen LogP contribution in [0, 0.1) is 0 Å². The molecule has 0 amide bonds. The lowest BCUT2D eigenvalue weighted by molar-refractivity contribution is -0.137. The van der Waals surface area contributed by atoms with Crippen molar-refractivity contribution in [3.8, 4) is 0 Å². The van der Waals surface area contributed by atoms with E-state index in [0.717, 1.165) is 0 Å². The topological polar surface area (TPSA) is 91.8 Å². The van der Waals surface area contributed by atoms with E-state index < -0.39 is 5.97 Å². The molecule has 0 aliphatic carbocycles. The van der Waals surface area contributed by atoms with E-state index in [1.807, 2.05) is 0 Å². The molecular formula is C5H8N4O2S. The van der Waals surface area contributed by atoms with E-state index in [1.54, 1.807) is 0 Å². The van der Waals surface area contributed by atoms with Crippen LogP contribution in [0.2, 0.25) is 0 Å². The van der Waals surface area contributed by atoms with E-state index in [4.69, 9.17) is 5.11 Å². The normalized spacial score (nSPS) is 10.0. The third-order valence-electron chi connectivity index (χ3n) is 1.09. The summed E-state index contributed by atoms with van der Waals surface area (Å²) >= 11 is 1.39. The maximum absolute atomic E-state index is 10.1. The molecule has 1 aromatic heterocycles. The maximum atomic E-state index is 10.1. The zero-order chi connectivity index (χ0) is 8.81. The Kier molecular flexibility index (Phi) is 3.52. The monoisotopic (exact) mass is 188 g/mol. The van der Waals surface area contributed by atoms with Crippen molar-refractivity contribution in [3.63, 3.8) is 0 Å². The highest BCUT2D eigenvalue weighted by atomic mass is 32.2. The summed E-state index contributed by atoms with van der Waals surface area (Å²) in [6, 6.07) is 0. The van der Waals surface area contributed by atoms with Crippen LogP contribution >= 0.6 is 11.8 Å². The van der Waals surface area contributed by atoms with Gasteiger partial charge in [-0.2, -0.15) is 5.21 Å². The van der Waals surface area contributed by atoms with Crippen LogP contribution in [0.5, 0.6) is 0 Å². The highest BCUT2D eigenvalue weighted by Crippen LogP contribution is 2.11. The van der Waals surface area contributed by atoms with Crippen LogP contribution in [0.1, 0.15) is 12.8 Å². The second-order valence-electron chi connectivity index (χ2n) is 2.04. The molecule has 12 heavy (non-hydrogen) atoms. The fraction of sp³-hybridized carbons (Fsp3) is 0.600. The minimum atomic E-state index is -0.774. The molecule has 1 aromatic rings. The van der Waals surface area contributed by atoms with Gasteiger partial charge in [-0.25, -0.2) is 0 Å². The van der Waals surface area contributed by atoms with Crippen LogP contribution in [0.3, 0.4) is 0 Å². The van der Waals surface area contributed by atoms with Crippen molar-refractivity contribution in [2.24, 2.45) is 0 Å². The van der Waals surface area contributed by atoms with Crippen LogP contribution in [-0.2, 0) is 4.79 Å². The van der Waals surface area contributed by atoms with Gasteiger partial charge in [0.1, 0.15) is 0 Å². The third kappa shape index (κ3) is 3.33. The first-order valence-electron chi connectivity index (χ1n) is 3.37. The molecule has 0 saturated carbocycles. The molecule has 1 rings (SSSR count). The molecule has 0 fully saturated rings. The molecule has 7 heteroatoms. The Bertz CT molecular complexity index is 238. The number of hydrogen-bond donors (Lipinski definition) is 2. The Labute approximate surface area is 72.7 Å². The Morgan fingerprint density at radius 2 is 2.50 bits per heavy atom. The minimum Gasteiger partial charge on any atom is -0.481 e. The molecule has 0 saturated heterocycles. The van der Waals surface area contributed by atoms with E-state index in [2.05, 4.69) is 20.6 Å². The number of hydrogen-bond acceptors (Lipinski definition) is 5. The van der Waals surface area contributed by atoms with E-state index in [9.17, 15) is 4.79 Å². The van der Waals surface area contributed by atoms with E-state index in [0.29, 0.717) is 17.3 Å². The van der Waals surface area contributed by atoms with Crippen LogP contribution in [0.15, 0.2) is 5.16 Å². The van der Waals surface area contributed by atoms with Crippen molar-refractivity contribution >= 4 is 17.7 Å². The molecule has 0 radical (unpaired) electrons. The summed E-state index contributed by atoms with van der Waals surface area (Å²) in [4.78, 5) is 10.1. The van der Waals surface area contributed by atoms with Gasteiger partial charge in [-0.05, 0) is 11.6 Å². The summed E-state index contributed by atoms with van der Waals surface area (Å²) in [5.41, 5.74) is 0. The van der Waals surface area contributed by atoms with Crippen LogP contribution in [0.25, 0.3) is 0 Å². The number of aromatic nitrogens is 4. The number of tetrazole rings is 1. The van der Waals surface area contributed by atoms with E-state index in [1.165, 1.54) is 11.8 Å². The van der Waals surface area contributed by atoms with Gasteiger partial charge in [0.15, 0.2) is 0 Å². The smallest absolute Gasteiger partial charge is 0.303 e. The molecule has 0 atom stereocenters. The summed E-state index contributed by atoms with van der Waals surface area (Å²) in [5.74, 6) is -0.0741. The Hall–Kier alpha value is -1.11. The zero-order valence-electron chi connectivity index (χ0n) is 6.23. The van der Waals surface area contributed by atoms with Gasteiger partial charge in [0.25, 0.3) is 0 Å². The van der Waals surface area contributed by atoms with Crippen molar-refractivity contribution < 1.29 is 9.90 Å². The third-order valence-corrected chi connectivity index (χ3v) is 2.02. The van der Waals surface area contributed by atoms with Gasteiger partial charge in [-0.1, -0.05) is 11.8 Å². The quantitative estimate of drug-likeness (QED) is 0.505. The Morgan fingerprint density at radius 1 is 1.67 bits per heavy atom. The number of carboxylic acid groups (broad SMARTS) is 1. The van der Waals surface area contributed by atoms with Gasteiger partial charge in [-0.3, -0.25) is 4.79 Å². The highest BCUT2D eigenvalue weighted by molar-refractivity contribution is 7.99. The summed E-state index contributed by atoms with van der Waals surface area (Å²) in [7, 11) is 0. The lowest BCUT2D eigenvalue weighted by atomic mass is 10.3. The van der Waals surface area contributed by atoms with Gasteiger partial charge in [0, 0.05) is 12.2 Å². The van der Waals surface area contributed by atoms with E-state index >= 15 is 0 Å². The fourth-order valence-corrected chi connectivity index (χ4v) is 1.28. The number of nitrogens with zero attached hydrogens (tertiary/aromatic N) is 3. The fourth-order valence-electron chi connectivity index (χ4n) is 0.601. The van der Waals surface area contributed by atoms with Crippen LogP contribution in [0.4, 0.5) is 0 Å². The SMILES string of the molecule is O=C(O)CCCSc1nn[nH]n1. The van der Waals surface area contributed by atoms with Crippen LogP contribution < -0.4 is 0 Å². The lowest BCUT2D eigenvalue weighted by Crippen LogP contribution is -1.94. The standard InChI is InChI=1S/C5H8N4O2S/c10-4(11)2-1-3-12-5-6-8-9-7-5/h1-3H2,(H,10,11)(H,6,7,8,9). The van der Waals surface area contributed by atoms with Gasteiger partial charge in [0.05, 0.1) is 0 Å². The van der Waals surface area contributed by atoms with Crippen molar-refractivity contribution in [2.45, 2.75) is 18.0 Å². The zero-order valence-corrected chi connectivity index (χ0v) is 7.04. The van der Waals surface area contributed by atoms with Gasteiger partial charge in [0.2, 0.25) is 5.16 Å². The summed E-state index contributed by atoms with van der Waals surface area (Å²) in [6.45, 7) is 0. The summed E-state index contributed by atoms with van der Waals surface area (Å²) in [5, 5.41) is 21.9. The number of thioether (sulfide) groups is 1. The highest BCUT2D eigenvalue weighted by Gasteiger charge is 2.00. The number of carbonyl (C=O) groups is 1. The van der Waals surface area contributed by atoms with Gasteiger partial charge < -0.3 is 5.11 Å². The number of H-pyrrole nitrogens is 1. The van der Waals surface area contributed by atoms with Crippen LogP contribution in [-0.4, -0.2) is 37.5 Å². The molecule has 0 bridgehead atoms. The van der Waals surface area contributed by atoms with E-state index in [-0.39, 0.29) is 6.42 Å². The van der Waals surface area contributed by atoms with Crippen molar-refractivity contribution in [1.82, 2.24) is 20.6 Å². The molecule has 0 unspecified atom stereocenters. The second-order valence-corrected chi connectivity index (χ2v) is 3.10. The summed E-state index contributed by atoms with van der Waals surface area (Å²) in [6.07, 6.45) is 0.805. The molecular weight excluding hydrogens is 180 g/mol. The Balaban J connectivity index is 2.07. The maximum Gasteiger partial charge on any atom is 0.303 e.